The monoisotopic (exact) mass is 327 g/mol. The highest BCUT2D eigenvalue weighted by Crippen LogP contribution is 2.25. The average molecular weight is 327 g/mol. The van der Waals surface area contributed by atoms with E-state index in [4.69, 9.17) is 9.94 Å². The van der Waals surface area contributed by atoms with Gasteiger partial charge >= 0.3 is 0 Å². The highest BCUT2D eigenvalue weighted by Gasteiger charge is 2.07. The van der Waals surface area contributed by atoms with Crippen LogP contribution in [0, 0.1) is 0 Å². The molecule has 0 aliphatic rings. The quantitative estimate of drug-likeness (QED) is 0.557. The molecule has 1 aromatic heterocycles. The van der Waals surface area contributed by atoms with Gasteiger partial charge in [0.15, 0.2) is 11.7 Å². The fourth-order valence-corrected chi connectivity index (χ4v) is 2.72. The largest absolute Gasteiger partial charge is 0.508 e. The lowest BCUT2D eigenvalue weighted by molar-refractivity contribution is -0.120. The highest BCUT2D eigenvalue weighted by molar-refractivity contribution is 7.22. The number of aromatic hydroxyl groups is 1. The van der Waals surface area contributed by atoms with Gasteiger partial charge in [-0.1, -0.05) is 28.6 Å². The maximum Gasteiger partial charge on any atom is 0.266 e. The van der Waals surface area contributed by atoms with Gasteiger partial charge in [0, 0.05) is 0 Å². The van der Waals surface area contributed by atoms with Crippen LogP contribution in [-0.4, -0.2) is 28.8 Å². The summed E-state index contributed by atoms with van der Waals surface area (Å²) >= 11 is 1.40. The molecule has 7 heteroatoms. The van der Waals surface area contributed by atoms with Crippen LogP contribution in [0.4, 0.5) is 5.13 Å². The molecular weight excluding hydrogens is 314 g/mol. The Labute approximate surface area is 136 Å². The Bertz CT molecular complexity index is 810. The fourth-order valence-electron chi connectivity index (χ4n) is 1.84. The zero-order valence-electron chi connectivity index (χ0n) is 12.0. The number of thiazole rings is 1. The van der Waals surface area contributed by atoms with Gasteiger partial charge in [0.1, 0.15) is 5.75 Å². The predicted molar refractivity (Wildman–Crippen MR) is 89.9 cm³/mol. The highest BCUT2D eigenvalue weighted by atomic mass is 32.1. The number of aromatic nitrogens is 1. The van der Waals surface area contributed by atoms with Gasteiger partial charge in [0.25, 0.3) is 5.91 Å². The third-order valence-corrected chi connectivity index (χ3v) is 3.86. The normalized spacial score (nSPS) is 11.0. The molecule has 1 amide bonds. The number of phenolic OH excluding ortho intramolecular Hbond substituents is 1. The van der Waals surface area contributed by atoms with Crippen molar-refractivity contribution < 1.29 is 14.7 Å². The molecule has 2 N–H and O–H groups in total. The summed E-state index contributed by atoms with van der Waals surface area (Å²) in [6.07, 6.45) is 1.46. The van der Waals surface area contributed by atoms with Crippen LogP contribution < -0.4 is 5.32 Å². The van der Waals surface area contributed by atoms with E-state index in [1.807, 2.05) is 24.3 Å². The van der Waals surface area contributed by atoms with Gasteiger partial charge in [-0.05, 0) is 42.0 Å². The fraction of sp³-hybridized carbons (Fsp3) is 0.0625. The van der Waals surface area contributed by atoms with Crippen LogP contribution in [0.1, 0.15) is 5.56 Å². The first-order chi connectivity index (χ1) is 11.2. The summed E-state index contributed by atoms with van der Waals surface area (Å²) < 4.78 is 1.01. The standard InChI is InChI=1S/C16H13N3O3S/c20-12-7-5-11(6-8-12)9-17-22-10-15(21)19-16-18-13-3-1-2-4-14(13)23-16/h1-9,20H,10H2,(H,18,19,21)/b17-9+. The molecule has 23 heavy (non-hydrogen) atoms. The molecule has 6 nitrogen and oxygen atoms in total. The van der Waals surface area contributed by atoms with Crippen molar-refractivity contribution >= 4 is 38.8 Å². The Hall–Kier alpha value is -2.93. The van der Waals surface area contributed by atoms with Crippen LogP contribution in [0.15, 0.2) is 53.7 Å². The van der Waals surface area contributed by atoms with Crippen molar-refractivity contribution in [3.63, 3.8) is 0 Å². The number of hydrogen-bond acceptors (Lipinski definition) is 6. The van der Waals surface area contributed by atoms with Gasteiger partial charge < -0.3 is 9.94 Å². The van der Waals surface area contributed by atoms with Crippen molar-refractivity contribution in [2.24, 2.45) is 5.16 Å². The number of carbonyl (C=O) groups excluding carboxylic acids is 1. The molecule has 0 fully saturated rings. The van der Waals surface area contributed by atoms with E-state index >= 15 is 0 Å². The SMILES string of the molecule is O=C(CO/N=C/c1ccc(O)cc1)Nc1nc2ccccc2s1. The second-order valence-corrected chi connectivity index (χ2v) is 5.67. The Balaban J connectivity index is 1.50. The molecule has 0 radical (unpaired) electrons. The van der Waals surface area contributed by atoms with Crippen molar-refractivity contribution in [2.45, 2.75) is 0 Å². The molecule has 0 saturated carbocycles. The summed E-state index contributed by atoms with van der Waals surface area (Å²) in [5, 5.41) is 16.1. The molecule has 0 aliphatic heterocycles. The van der Waals surface area contributed by atoms with Crippen molar-refractivity contribution in [3.05, 3.63) is 54.1 Å². The van der Waals surface area contributed by atoms with E-state index in [1.54, 1.807) is 24.3 Å². The molecule has 0 spiro atoms. The topological polar surface area (TPSA) is 83.8 Å². The Morgan fingerprint density at radius 1 is 1.26 bits per heavy atom. The van der Waals surface area contributed by atoms with Crippen LogP contribution >= 0.6 is 11.3 Å². The molecule has 0 atom stereocenters. The number of rotatable bonds is 5. The van der Waals surface area contributed by atoms with Crippen molar-refractivity contribution in [3.8, 4) is 5.75 Å². The molecule has 0 saturated heterocycles. The van der Waals surface area contributed by atoms with Gasteiger partial charge in [0.2, 0.25) is 0 Å². The summed E-state index contributed by atoms with van der Waals surface area (Å²) in [4.78, 5) is 21.0. The molecule has 116 valence electrons. The van der Waals surface area contributed by atoms with Gasteiger partial charge in [-0.3, -0.25) is 10.1 Å². The predicted octanol–water partition coefficient (Wildman–Crippen LogP) is 2.99. The molecule has 0 aliphatic carbocycles. The van der Waals surface area contributed by atoms with E-state index in [0.29, 0.717) is 5.13 Å². The third kappa shape index (κ3) is 4.04. The van der Waals surface area contributed by atoms with Crippen LogP contribution in [0.5, 0.6) is 5.75 Å². The number of benzene rings is 2. The van der Waals surface area contributed by atoms with Crippen LogP contribution in [0.25, 0.3) is 10.2 Å². The van der Waals surface area contributed by atoms with E-state index in [-0.39, 0.29) is 18.3 Å². The summed E-state index contributed by atoms with van der Waals surface area (Å²) in [5.41, 5.74) is 1.61. The smallest absolute Gasteiger partial charge is 0.266 e. The zero-order valence-corrected chi connectivity index (χ0v) is 12.8. The first kappa shape index (κ1) is 15.0. The minimum absolute atomic E-state index is 0.179. The molecule has 2 aromatic carbocycles. The summed E-state index contributed by atoms with van der Waals surface area (Å²) in [7, 11) is 0. The molecule has 3 rings (SSSR count). The molecule has 0 bridgehead atoms. The number of fused-ring (bicyclic) bond motifs is 1. The first-order valence-electron chi connectivity index (χ1n) is 6.80. The number of hydrogen-bond donors (Lipinski definition) is 2. The van der Waals surface area contributed by atoms with Gasteiger partial charge in [-0.15, -0.1) is 0 Å². The van der Waals surface area contributed by atoms with Gasteiger partial charge in [0.05, 0.1) is 16.4 Å². The van der Waals surface area contributed by atoms with Crippen LogP contribution in [-0.2, 0) is 9.63 Å². The van der Waals surface area contributed by atoms with E-state index in [9.17, 15) is 4.79 Å². The second-order valence-electron chi connectivity index (χ2n) is 4.63. The number of amides is 1. The van der Waals surface area contributed by atoms with E-state index in [1.165, 1.54) is 17.6 Å². The number of oxime groups is 1. The number of anilines is 1. The average Bonchev–Trinajstić information content (AvgIpc) is 2.95. The summed E-state index contributed by atoms with van der Waals surface area (Å²) in [6.45, 7) is -0.204. The number of phenols is 1. The Morgan fingerprint density at radius 2 is 2.04 bits per heavy atom. The molecular formula is C16H13N3O3S. The lowest BCUT2D eigenvalue weighted by Crippen LogP contribution is -2.16. The molecule has 3 aromatic rings. The number of para-hydroxylation sites is 1. The maximum atomic E-state index is 11.8. The number of nitrogens with one attached hydrogen (secondary N) is 1. The van der Waals surface area contributed by atoms with E-state index < -0.39 is 0 Å². The summed E-state index contributed by atoms with van der Waals surface area (Å²) in [5.74, 6) is -0.148. The number of carbonyl (C=O) groups is 1. The second kappa shape index (κ2) is 6.89. The van der Waals surface area contributed by atoms with E-state index in [0.717, 1.165) is 15.8 Å². The number of nitrogens with zero attached hydrogens (tertiary/aromatic N) is 2. The van der Waals surface area contributed by atoms with Crippen molar-refractivity contribution in [2.75, 3.05) is 11.9 Å². The van der Waals surface area contributed by atoms with Crippen LogP contribution in [0.2, 0.25) is 0 Å². The Morgan fingerprint density at radius 3 is 2.83 bits per heavy atom. The lowest BCUT2D eigenvalue weighted by Gasteiger charge is -1.99. The first-order valence-corrected chi connectivity index (χ1v) is 7.62. The zero-order chi connectivity index (χ0) is 16.1. The van der Waals surface area contributed by atoms with Gasteiger partial charge in [-0.2, -0.15) is 0 Å². The van der Waals surface area contributed by atoms with Gasteiger partial charge in [-0.25, -0.2) is 4.98 Å². The third-order valence-electron chi connectivity index (χ3n) is 2.91. The van der Waals surface area contributed by atoms with Crippen molar-refractivity contribution in [1.29, 1.82) is 0 Å². The minimum atomic E-state index is -0.327. The molecule has 1 heterocycles. The maximum absolute atomic E-state index is 11.8. The molecule has 0 unspecified atom stereocenters. The van der Waals surface area contributed by atoms with E-state index in [2.05, 4.69) is 15.5 Å². The Kier molecular flexibility index (Phi) is 4.49. The lowest BCUT2D eigenvalue weighted by atomic mass is 10.2. The minimum Gasteiger partial charge on any atom is -0.508 e. The van der Waals surface area contributed by atoms with Crippen LogP contribution in [0.3, 0.4) is 0 Å². The summed E-state index contributed by atoms with van der Waals surface area (Å²) in [6, 6.07) is 14.1. The van der Waals surface area contributed by atoms with Crippen molar-refractivity contribution in [1.82, 2.24) is 4.98 Å².